The van der Waals surface area contributed by atoms with Gasteiger partial charge in [-0.05, 0) is 12.1 Å². The minimum atomic E-state index is -0.879. The van der Waals surface area contributed by atoms with Crippen molar-refractivity contribution in [2.24, 2.45) is 0 Å². The first kappa shape index (κ1) is 13.5. The number of aliphatic hydroxyl groups excluding tert-OH is 1. The summed E-state index contributed by atoms with van der Waals surface area (Å²) < 4.78 is 12.7. The number of halogens is 1. The highest BCUT2D eigenvalue weighted by Gasteiger charge is 2.31. The van der Waals surface area contributed by atoms with Crippen LogP contribution in [0, 0.1) is 17.1 Å². The molecular formula is C12H9FN4O3. The molecule has 0 bridgehead atoms. The van der Waals surface area contributed by atoms with Crippen molar-refractivity contribution >= 4 is 17.6 Å². The number of anilines is 1. The Morgan fingerprint density at radius 1 is 1.60 bits per heavy atom. The molecule has 1 aliphatic heterocycles. The van der Waals surface area contributed by atoms with Gasteiger partial charge in [-0.3, -0.25) is 9.59 Å². The van der Waals surface area contributed by atoms with E-state index in [0.29, 0.717) is 0 Å². The molecule has 0 radical (unpaired) electrons. The molecule has 0 aromatic carbocycles. The van der Waals surface area contributed by atoms with Crippen LogP contribution < -0.4 is 10.6 Å². The Kier molecular flexibility index (Phi) is 3.61. The fraction of sp³-hybridized carbons (Fsp3) is 0.167. The molecule has 1 aromatic heterocycles. The monoisotopic (exact) mass is 276 g/mol. The van der Waals surface area contributed by atoms with Gasteiger partial charge in [0.2, 0.25) is 0 Å². The predicted molar refractivity (Wildman–Crippen MR) is 64.6 cm³/mol. The van der Waals surface area contributed by atoms with E-state index in [2.05, 4.69) is 15.6 Å². The smallest absolute Gasteiger partial charge is 0.265 e. The van der Waals surface area contributed by atoms with Crippen LogP contribution in [0.25, 0.3) is 0 Å². The maximum absolute atomic E-state index is 12.7. The number of rotatable bonds is 2. The van der Waals surface area contributed by atoms with E-state index in [4.69, 9.17) is 5.26 Å². The van der Waals surface area contributed by atoms with Crippen molar-refractivity contribution in [3.63, 3.8) is 0 Å². The van der Waals surface area contributed by atoms with Crippen molar-refractivity contribution in [1.82, 2.24) is 10.3 Å². The van der Waals surface area contributed by atoms with Crippen molar-refractivity contribution in [2.45, 2.75) is 12.5 Å². The van der Waals surface area contributed by atoms with Gasteiger partial charge in [-0.25, -0.2) is 9.37 Å². The fourth-order valence-electron chi connectivity index (χ4n) is 1.65. The van der Waals surface area contributed by atoms with E-state index in [1.165, 1.54) is 6.07 Å². The number of nitriles is 1. The first-order valence-corrected chi connectivity index (χ1v) is 5.56. The largest absolute Gasteiger partial charge is 0.511 e. The van der Waals surface area contributed by atoms with E-state index < -0.39 is 35.0 Å². The first-order valence-electron chi connectivity index (χ1n) is 5.56. The van der Waals surface area contributed by atoms with Crippen LogP contribution in [-0.4, -0.2) is 27.9 Å². The summed E-state index contributed by atoms with van der Waals surface area (Å²) in [5.74, 6) is -2.74. The minimum absolute atomic E-state index is 0.0342. The van der Waals surface area contributed by atoms with Crippen LogP contribution >= 0.6 is 0 Å². The Bertz CT molecular complexity index is 633. The average Bonchev–Trinajstić information content (AvgIpc) is 2.40. The lowest BCUT2D eigenvalue weighted by atomic mass is 10.0. The van der Waals surface area contributed by atoms with Crippen LogP contribution in [0.15, 0.2) is 29.7 Å². The van der Waals surface area contributed by atoms with E-state index in [9.17, 15) is 19.1 Å². The highest BCUT2D eigenvalue weighted by atomic mass is 19.1. The number of hydrogen-bond acceptors (Lipinski definition) is 5. The van der Waals surface area contributed by atoms with Gasteiger partial charge in [0, 0.05) is 6.42 Å². The molecule has 7 nitrogen and oxygen atoms in total. The minimum Gasteiger partial charge on any atom is -0.511 e. The normalized spacial score (nSPS) is 18.2. The molecule has 0 saturated carbocycles. The van der Waals surface area contributed by atoms with E-state index in [-0.39, 0.29) is 12.2 Å². The summed E-state index contributed by atoms with van der Waals surface area (Å²) in [7, 11) is 0. The van der Waals surface area contributed by atoms with Crippen molar-refractivity contribution in [3.8, 4) is 6.07 Å². The third-order valence-electron chi connectivity index (χ3n) is 2.57. The zero-order valence-corrected chi connectivity index (χ0v) is 10.1. The summed E-state index contributed by atoms with van der Waals surface area (Å²) in [5, 5.41) is 22.8. The Morgan fingerprint density at radius 2 is 2.35 bits per heavy atom. The number of hydrogen-bond donors (Lipinski definition) is 3. The fourth-order valence-corrected chi connectivity index (χ4v) is 1.65. The quantitative estimate of drug-likeness (QED) is 0.675. The van der Waals surface area contributed by atoms with Crippen LogP contribution in [0.1, 0.15) is 6.42 Å². The molecule has 2 rings (SSSR count). The zero-order chi connectivity index (χ0) is 14.7. The molecule has 3 N–H and O–H groups in total. The van der Waals surface area contributed by atoms with E-state index in [1.54, 1.807) is 6.07 Å². The predicted octanol–water partition coefficient (Wildman–Crippen LogP) is 0.383. The van der Waals surface area contributed by atoms with Crippen molar-refractivity contribution in [2.75, 3.05) is 5.32 Å². The Morgan fingerprint density at radius 3 is 2.90 bits per heavy atom. The number of aromatic nitrogens is 1. The van der Waals surface area contributed by atoms with Gasteiger partial charge in [-0.1, -0.05) is 0 Å². The summed E-state index contributed by atoms with van der Waals surface area (Å²) in [5.41, 5.74) is -0.484. The lowest BCUT2D eigenvalue weighted by Crippen LogP contribution is -2.42. The molecule has 0 spiro atoms. The number of nitrogens with zero attached hydrogens (tertiary/aromatic N) is 2. The van der Waals surface area contributed by atoms with Gasteiger partial charge < -0.3 is 15.7 Å². The number of amides is 2. The first-order chi connectivity index (χ1) is 9.51. The standard InChI is InChI=1S/C12H9FN4O3/c13-6-1-2-9(15-5-6)17-12(20)10-8(18)3-7(4-14)16-11(10)19/h1-2,5,7,18H,3H2,(H,16,19)(H,15,17,20). The van der Waals surface area contributed by atoms with E-state index in [1.807, 2.05) is 0 Å². The number of nitrogens with one attached hydrogen (secondary N) is 2. The van der Waals surface area contributed by atoms with Crippen LogP contribution in [0.3, 0.4) is 0 Å². The zero-order valence-electron chi connectivity index (χ0n) is 10.1. The van der Waals surface area contributed by atoms with Gasteiger partial charge in [0.05, 0.1) is 12.3 Å². The van der Waals surface area contributed by atoms with Crippen molar-refractivity contribution in [1.29, 1.82) is 5.26 Å². The van der Waals surface area contributed by atoms with Crippen LogP contribution in [-0.2, 0) is 9.59 Å². The molecule has 2 heterocycles. The van der Waals surface area contributed by atoms with Gasteiger partial charge in [0.1, 0.15) is 29.0 Å². The van der Waals surface area contributed by atoms with Gasteiger partial charge in [0.25, 0.3) is 11.8 Å². The molecule has 2 amide bonds. The van der Waals surface area contributed by atoms with E-state index >= 15 is 0 Å². The molecule has 0 saturated heterocycles. The van der Waals surface area contributed by atoms with Crippen LogP contribution in [0.2, 0.25) is 0 Å². The molecule has 0 aliphatic carbocycles. The number of carbonyl (C=O) groups excluding carboxylic acids is 2. The lowest BCUT2D eigenvalue weighted by Gasteiger charge is -2.19. The van der Waals surface area contributed by atoms with Crippen molar-refractivity contribution in [3.05, 3.63) is 35.5 Å². The molecule has 102 valence electrons. The number of pyridine rings is 1. The number of carbonyl (C=O) groups is 2. The maximum Gasteiger partial charge on any atom is 0.265 e. The van der Waals surface area contributed by atoms with Gasteiger partial charge in [0.15, 0.2) is 0 Å². The Balaban J connectivity index is 2.18. The summed E-state index contributed by atoms with van der Waals surface area (Å²) >= 11 is 0. The third kappa shape index (κ3) is 2.72. The van der Waals surface area contributed by atoms with Crippen LogP contribution in [0.4, 0.5) is 10.2 Å². The second kappa shape index (κ2) is 5.36. The average molecular weight is 276 g/mol. The second-order valence-corrected chi connectivity index (χ2v) is 4.00. The van der Waals surface area contributed by atoms with Crippen LogP contribution in [0.5, 0.6) is 0 Å². The molecule has 0 fully saturated rings. The summed E-state index contributed by atoms with van der Waals surface area (Å²) in [6.07, 6.45) is 0.748. The highest BCUT2D eigenvalue weighted by Crippen LogP contribution is 2.16. The maximum atomic E-state index is 12.7. The summed E-state index contributed by atoms with van der Waals surface area (Å²) in [4.78, 5) is 27.1. The van der Waals surface area contributed by atoms with Crippen molar-refractivity contribution < 1.29 is 19.1 Å². The molecule has 1 aromatic rings. The lowest BCUT2D eigenvalue weighted by molar-refractivity contribution is -0.122. The van der Waals surface area contributed by atoms with Gasteiger partial charge in [-0.2, -0.15) is 5.26 Å². The Labute approximate surface area is 112 Å². The molecule has 8 heteroatoms. The molecular weight excluding hydrogens is 267 g/mol. The van der Waals surface area contributed by atoms with E-state index in [0.717, 1.165) is 12.3 Å². The third-order valence-corrected chi connectivity index (χ3v) is 2.57. The van der Waals surface area contributed by atoms with Gasteiger partial charge in [-0.15, -0.1) is 0 Å². The Hall–Kier alpha value is -2.95. The summed E-state index contributed by atoms with van der Waals surface area (Å²) in [6, 6.07) is 3.19. The number of aliphatic hydroxyl groups is 1. The summed E-state index contributed by atoms with van der Waals surface area (Å²) in [6.45, 7) is 0. The SMILES string of the molecule is N#CC1CC(O)=C(C(=O)Nc2ccc(F)cn2)C(=O)N1. The molecule has 20 heavy (non-hydrogen) atoms. The topological polar surface area (TPSA) is 115 Å². The molecule has 1 aliphatic rings. The molecule has 1 atom stereocenters. The van der Waals surface area contributed by atoms with Gasteiger partial charge >= 0.3 is 0 Å². The second-order valence-electron chi connectivity index (χ2n) is 4.00. The highest BCUT2D eigenvalue weighted by molar-refractivity contribution is 6.23. The molecule has 1 unspecified atom stereocenters.